The summed E-state index contributed by atoms with van der Waals surface area (Å²) in [5.74, 6) is 5.09. The van der Waals surface area contributed by atoms with Gasteiger partial charge in [0.25, 0.3) is 0 Å². The Hall–Kier alpha value is -0.830. The van der Waals surface area contributed by atoms with Crippen LogP contribution in [0.15, 0.2) is 11.6 Å². The van der Waals surface area contributed by atoms with E-state index < -0.39 is 5.97 Å². The molecule has 0 aromatic carbocycles. The molecule has 4 unspecified atom stereocenters. The van der Waals surface area contributed by atoms with Crippen molar-refractivity contribution >= 4 is 5.97 Å². The number of ether oxygens (including phenoxy) is 1. The van der Waals surface area contributed by atoms with Gasteiger partial charge in [-0.25, -0.2) is 4.79 Å². The van der Waals surface area contributed by atoms with Crippen molar-refractivity contribution in [2.45, 2.75) is 112 Å². The van der Waals surface area contributed by atoms with Crippen LogP contribution < -0.4 is 0 Å². The van der Waals surface area contributed by atoms with E-state index in [2.05, 4.69) is 47.6 Å². The van der Waals surface area contributed by atoms with Gasteiger partial charge in [0.1, 0.15) is 6.61 Å². The molecule has 9 atom stereocenters. The molecule has 0 heterocycles. The Labute approximate surface area is 203 Å². The summed E-state index contributed by atoms with van der Waals surface area (Å²) in [6, 6.07) is 0. The highest BCUT2D eigenvalue weighted by atomic mass is 16.5. The molecule has 3 heteroatoms. The van der Waals surface area contributed by atoms with E-state index in [1.54, 1.807) is 5.57 Å². The monoisotopic (exact) mass is 458 g/mol. The van der Waals surface area contributed by atoms with Crippen LogP contribution in [-0.2, 0) is 9.53 Å². The van der Waals surface area contributed by atoms with Gasteiger partial charge in [-0.1, -0.05) is 66.0 Å². The van der Waals surface area contributed by atoms with Crippen molar-refractivity contribution in [3.63, 3.8) is 0 Å². The smallest absolute Gasteiger partial charge is 0.329 e. The van der Waals surface area contributed by atoms with Crippen molar-refractivity contribution in [2.24, 2.45) is 52.3 Å². The molecule has 3 nitrogen and oxygen atoms in total. The summed E-state index contributed by atoms with van der Waals surface area (Å²) in [5, 5.41) is 9.00. The van der Waals surface area contributed by atoms with E-state index in [1.807, 2.05) is 0 Å². The number of carbonyl (C=O) groups is 1. The summed E-state index contributed by atoms with van der Waals surface area (Å²) < 4.78 is 5.71. The maximum Gasteiger partial charge on any atom is 0.329 e. The minimum atomic E-state index is -0.851. The molecular weight excluding hydrogens is 408 g/mol. The van der Waals surface area contributed by atoms with Crippen LogP contribution in [0.3, 0.4) is 0 Å². The third kappa shape index (κ3) is 4.69. The second-order valence-corrected chi connectivity index (χ2v) is 13.3. The van der Waals surface area contributed by atoms with Gasteiger partial charge < -0.3 is 9.84 Å². The van der Waals surface area contributed by atoms with Gasteiger partial charge >= 0.3 is 5.97 Å². The molecule has 0 bridgehead atoms. The first-order valence-corrected chi connectivity index (χ1v) is 14.1. The lowest BCUT2D eigenvalue weighted by atomic mass is 9.47. The molecule has 188 valence electrons. The Morgan fingerprint density at radius 2 is 1.82 bits per heavy atom. The third-order valence-electron chi connectivity index (χ3n) is 11.5. The number of fused-ring (bicyclic) bond motifs is 5. The summed E-state index contributed by atoms with van der Waals surface area (Å²) in [6.07, 6.45) is 15.5. The quantitative estimate of drug-likeness (QED) is 0.378. The Morgan fingerprint density at radius 1 is 1.06 bits per heavy atom. The van der Waals surface area contributed by atoms with Crippen LogP contribution in [-0.4, -0.2) is 23.8 Å². The summed E-state index contributed by atoms with van der Waals surface area (Å²) in [6.45, 7) is 14.8. The number of hydrogen-bond donors (Lipinski definition) is 1. The number of hydrogen-bond acceptors (Lipinski definition) is 2. The van der Waals surface area contributed by atoms with Crippen LogP contribution in [0.5, 0.6) is 0 Å². The maximum atomic E-state index is 11.0. The van der Waals surface area contributed by atoms with Gasteiger partial charge in [-0.15, -0.1) is 0 Å². The first-order valence-electron chi connectivity index (χ1n) is 14.1. The Morgan fingerprint density at radius 3 is 2.52 bits per heavy atom. The fourth-order valence-corrected chi connectivity index (χ4v) is 8.99. The van der Waals surface area contributed by atoms with Crippen LogP contribution in [0.2, 0.25) is 0 Å². The van der Waals surface area contributed by atoms with Crippen molar-refractivity contribution in [1.82, 2.24) is 0 Å². The third-order valence-corrected chi connectivity index (χ3v) is 11.5. The summed E-state index contributed by atoms with van der Waals surface area (Å²) >= 11 is 0. The zero-order valence-corrected chi connectivity index (χ0v) is 22.2. The zero-order valence-electron chi connectivity index (χ0n) is 22.2. The molecule has 0 aromatic heterocycles. The van der Waals surface area contributed by atoms with E-state index in [0.29, 0.717) is 10.8 Å². The molecule has 0 aliphatic heterocycles. The topological polar surface area (TPSA) is 46.5 Å². The second kappa shape index (κ2) is 9.67. The molecular formula is C30H50O3. The number of carboxylic acids is 1. The Kier molecular flexibility index (Phi) is 7.40. The van der Waals surface area contributed by atoms with Crippen molar-refractivity contribution in [2.75, 3.05) is 6.61 Å². The van der Waals surface area contributed by atoms with Crippen LogP contribution in [0, 0.1) is 52.3 Å². The van der Waals surface area contributed by atoms with Gasteiger partial charge in [0, 0.05) is 0 Å². The normalized spacial score (nSPS) is 42.2. The number of aliphatic carboxylic acids is 1. The standard InChI is InChI=1S/C30H50O3/c1-19(2)20(3)7-8-21(4)25-11-12-26-24-10-9-22-17-23(33-18-28(31)32)13-15-29(22,5)27(24)14-16-30(25,26)6/h9,19-21,23-27H,7-8,10-18H2,1-6H3,(H,31,32)/t20-,21?,23+,24?,25-,26?,27?,29+,30-/m1/s1. The van der Waals surface area contributed by atoms with Gasteiger partial charge in [0.05, 0.1) is 6.10 Å². The molecule has 4 aliphatic carbocycles. The van der Waals surface area contributed by atoms with Crippen molar-refractivity contribution in [3.05, 3.63) is 11.6 Å². The molecule has 0 radical (unpaired) electrons. The lowest BCUT2D eigenvalue weighted by Crippen LogP contribution is -2.51. The first-order chi connectivity index (χ1) is 15.6. The fourth-order valence-electron chi connectivity index (χ4n) is 8.99. The lowest BCUT2D eigenvalue weighted by molar-refractivity contribution is -0.145. The molecule has 0 aromatic rings. The molecule has 3 saturated carbocycles. The average molecular weight is 459 g/mol. The SMILES string of the molecule is CC(C)[C@H](C)CCC(C)[C@H]1CCC2C3CC=C4C[C@@H](OCC(=O)O)CC[C@]4(C)C3CC[C@@]21C. The van der Waals surface area contributed by atoms with Crippen LogP contribution in [0.4, 0.5) is 0 Å². The van der Waals surface area contributed by atoms with E-state index >= 15 is 0 Å². The van der Waals surface area contributed by atoms with Gasteiger partial charge in [-0.2, -0.15) is 0 Å². The summed E-state index contributed by atoms with van der Waals surface area (Å²) in [4.78, 5) is 11.0. The van der Waals surface area contributed by atoms with Crippen molar-refractivity contribution in [3.8, 4) is 0 Å². The van der Waals surface area contributed by atoms with E-state index in [4.69, 9.17) is 9.84 Å². The zero-order chi connectivity index (χ0) is 24.0. The second-order valence-electron chi connectivity index (χ2n) is 13.3. The lowest BCUT2D eigenvalue weighted by Gasteiger charge is -2.58. The van der Waals surface area contributed by atoms with Gasteiger partial charge in [0.15, 0.2) is 0 Å². The van der Waals surface area contributed by atoms with Crippen LogP contribution in [0.1, 0.15) is 106 Å². The van der Waals surface area contributed by atoms with E-state index in [0.717, 1.165) is 54.3 Å². The molecule has 1 N–H and O–H groups in total. The highest BCUT2D eigenvalue weighted by molar-refractivity contribution is 5.68. The minimum Gasteiger partial charge on any atom is -0.480 e. The molecule has 3 fully saturated rings. The number of allylic oxidation sites excluding steroid dienone is 1. The Bertz CT molecular complexity index is 741. The average Bonchev–Trinajstić information content (AvgIpc) is 3.12. The van der Waals surface area contributed by atoms with Crippen LogP contribution in [0.25, 0.3) is 0 Å². The predicted octanol–water partition coefficient (Wildman–Crippen LogP) is 7.74. The summed E-state index contributed by atoms with van der Waals surface area (Å²) in [5.41, 5.74) is 2.43. The first kappa shape index (κ1) is 25.3. The van der Waals surface area contributed by atoms with Gasteiger partial charge in [-0.3, -0.25) is 0 Å². The van der Waals surface area contributed by atoms with Crippen LogP contribution >= 0.6 is 0 Å². The number of rotatable bonds is 8. The number of carboxylic acid groups (broad SMARTS) is 1. The van der Waals surface area contributed by atoms with E-state index in [-0.39, 0.29) is 12.7 Å². The minimum absolute atomic E-state index is 0.0933. The largest absolute Gasteiger partial charge is 0.480 e. The molecule has 0 amide bonds. The molecule has 0 spiro atoms. The van der Waals surface area contributed by atoms with E-state index in [9.17, 15) is 4.79 Å². The molecule has 4 aliphatic rings. The predicted molar refractivity (Wildman–Crippen MR) is 135 cm³/mol. The maximum absolute atomic E-state index is 11.0. The van der Waals surface area contributed by atoms with Crippen molar-refractivity contribution < 1.29 is 14.6 Å². The molecule has 0 saturated heterocycles. The summed E-state index contributed by atoms with van der Waals surface area (Å²) in [7, 11) is 0. The van der Waals surface area contributed by atoms with Gasteiger partial charge in [0.2, 0.25) is 0 Å². The highest BCUT2D eigenvalue weighted by Gasteiger charge is 2.59. The fraction of sp³-hybridized carbons (Fsp3) is 0.900. The Balaban J connectivity index is 1.44. The highest BCUT2D eigenvalue weighted by Crippen LogP contribution is 2.67. The van der Waals surface area contributed by atoms with E-state index in [1.165, 1.54) is 51.4 Å². The molecule has 33 heavy (non-hydrogen) atoms. The van der Waals surface area contributed by atoms with Gasteiger partial charge in [-0.05, 0) is 104 Å². The molecule has 4 rings (SSSR count). The van der Waals surface area contributed by atoms with Crippen molar-refractivity contribution in [1.29, 1.82) is 0 Å².